The molecule has 0 bridgehead atoms. The minimum Gasteiger partial charge on any atom is -0.143 e. The van der Waals surface area contributed by atoms with Crippen molar-refractivity contribution in [1.82, 2.24) is 0 Å². The van der Waals surface area contributed by atoms with E-state index in [1.807, 2.05) is 22.7 Å². The molecule has 0 saturated heterocycles. The highest BCUT2D eigenvalue weighted by molar-refractivity contribution is 7.21. The van der Waals surface area contributed by atoms with E-state index in [-0.39, 0.29) is 0 Å². The third-order valence-electron chi connectivity index (χ3n) is 2.34. The van der Waals surface area contributed by atoms with Crippen molar-refractivity contribution in [2.75, 3.05) is 0 Å². The normalized spacial score (nSPS) is 11.5. The van der Waals surface area contributed by atoms with E-state index in [4.69, 9.17) is 0 Å². The second-order valence-electron chi connectivity index (χ2n) is 3.20. The van der Waals surface area contributed by atoms with Gasteiger partial charge in [-0.2, -0.15) is 0 Å². The summed E-state index contributed by atoms with van der Waals surface area (Å²) in [4.78, 5) is 0. The third-order valence-corrected chi connectivity index (χ3v) is 4.35. The van der Waals surface area contributed by atoms with Crippen LogP contribution in [0.5, 0.6) is 0 Å². The van der Waals surface area contributed by atoms with Gasteiger partial charge in [-0.25, -0.2) is 0 Å². The molecule has 0 spiro atoms. The molecule has 0 fully saturated rings. The molecule has 2 heteroatoms. The predicted octanol–water partition coefficient (Wildman–Crippen LogP) is 4.42. The van der Waals surface area contributed by atoms with Crippen molar-refractivity contribution < 1.29 is 0 Å². The molecule has 0 atom stereocenters. The SMILES string of the molecule is Cc1cc2ccsc2c2ccsc12. The van der Waals surface area contributed by atoms with Crippen LogP contribution in [0, 0.1) is 6.92 Å². The van der Waals surface area contributed by atoms with Crippen LogP contribution in [0.15, 0.2) is 29.0 Å². The van der Waals surface area contributed by atoms with Crippen LogP contribution in [0.2, 0.25) is 0 Å². The van der Waals surface area contributed by atoms with Crippen LogP contribution in [0.4, 0.5) is 0 Å². The Morgan fingerprint density at radius 1 is 1.00 bits per heavy atom. The standard InChI is InChI=1S/C11H8S2/c1-7-6-8-2-4-13-11(8)9-3-5-12-10(7)9/h2-6H,1H3. The summed E-state index contributed by atoms with van der Waals surface area (Å²) >= 11 is 3.68. The Morgan fingerprint density at radius 2 is 1.77 bits per heavy atom. The topological polar surface area (TPSA) is 0 Å². The summed E-state index contributed by atoms with van der Waals surface area (Å²) in [5.74, 6) is 0. The highest BCUT2D eigenvalue weighted by Crippen LogP contribution is 2.34. The molecule has 0 aliphatic rings. The lowest BCUT2D eigenvalue weighted by atomic mass is 10.1. The fourth-order valence-corrected chi connectivity index (χ4v) is 3.60. The fourth-order valence-electron chi connectivity index (χ4n) is 1.74. The van der Waals surface area contributed by atoms with Crippen molar-refractivity contribution in [3.05, 3.63) is 34.5 Å². The van der Waals surface area contributed by atoms with Crippen LogP contribution in [0.3, 0.4) is 0 Å². The van der Waals surface area contributed by atoms with Crippen molar-refractivity contribution in [2.45, 2.75) is 6.92 Å². The van der Waals surface area contributed by atoms with E-state index in [9.17, 15) is 0 Å². The van der Waals surface area contributed by atoms with Gasteiger partial charge in [0, 0.05) is 14.8 Å². The molecule has 0 aliphatic heterocycles. The first kappa shape index (κ1) is 7.54. The largest absolute Gasteiger partial charge is 0.143 e. The van der Waals surface area contributed by atoms with Gasteiger partial charge in [0.05, 0.1) is 0 Å². The van der Waals surface area contributed by atoms with E-state index >= 15 is 0 Å². The molecule has 0 nitrogen and oxygen atoms in total. The smallest absolute Gasteiger partial charge is 0.0429 e. The first-order chi connectivity index (χ1) is 6.36. The number of aryl methyl sites for hydroxylation is 1. The van der Waals surface area contributed by atoms with Gasteiger partial charge in [0.15, 0.2) is 0 Å². The van der Waals surface area contributed by atoms with Crippen molar-refractivity contribution in [2.24, 2.45) is 0 Å². The summed E-state index contributed by atoms with van der Waals surface area (Å²) in [6.07, 6.45) is 0. The van der Waals surface area contributed by atoms with Crippen molar-refractivity contribution in [1.29, 1.82) is 0 Å². The molecular weight excluding hydrogens is 196 g/mol. The third kappa shape index (κ3) is 0.960. The molecule has 0 radical (unpaired) electrons. The molecule has 0 N–H and O–H groups in total. The molecule has 0 unspecified atom stereocenters. The summed E-state index contributed by atoms with van der Waals surface area (Å²) in [5.41, 5.74) is 1.40. The highest BCUT2D eigenvalue weighted by atomic mass is 32.1. The van der Waals surface area contributed by atoms with Gasteiger partial charge < -0.3 is 0 Å². The molecule has 0 amide bonds. The quantitative estimate of drug-likeness (QED) is 0.508. The summed E-state index contributed by atoms with van der Waals surface area (Å²) < 4.78 is 2.87. The average molecular weight is 204 g/mol. The lowest BCUT2D eigenvalue weighted by Crippen LogP contribution is -1.71. The number of fused-ring (bicyclic) bond motifs is 3. The number of thiophene rings is 2. The minimum atomic E-state index is 1.38. The first-order valence-corrected chi connectivity index (χ1v) is 5.96. The Labute approximate surface area is 84.4 Å². The van der Waals surface area contributed by atoms with Crippen LogP contribution in [0.1, 0.15) is 5.56 Å². The molecule has 1 aromatic carbocycles. The summed E-state index contributed by atoms with van der Waals surface area (Å²) in [6, 6.07) is 6.71. The Morgan fingerprint density at radius 3 is 2.69 bits per heavy atom. The zero-order valence-corrected chi connectivity index (χ0v) is 8.84. The molecule has 0 aliphatic carbocycles. The molecule has 2 heterocycles. The molecule has 3 aromatic rings. The summed E-state index contributed by atoms with van der Waals surface area (Å²) in [6.45, 7) is 2.19. The lowest BCUT2D eigenvalue weighted by molar-refractivity contribution is 1.59. The van der Waals surface area contributed by atoms with Crippen LogP contribution in [0.25, 0.3) is 20.2 Å². The van der Waals surface area contributed by atoms with Gasteiger partial charge in [0.2, 0.25) is 0 Å². The Hall–Kier alpha value is -0.860. The fraction of sp³-hybridized carbons (Fsp3) is 0.0909. The van der Waals surface area contributed by atoms with E-state index in [2.05, 4.69) is 35.9 Å². The zero-order valence-electron chi connectivity index (χ0n) is 7.20. The van der Waals surface area contributed by atoms with Crippen molar-refractivity contribution in [3.8, 4) is 0 Å². The van der Waals surface area contributed by atoms with Gasteiger partial charge >= 0.3 is 0 Å². The van der Waals surface area contributed by atoms with E-state index in [1.165, 1.54) is 25.7 Å². The minimum absolute atomic E-state index is 1.38. The van der Waals surface area contributed by atoms with Crippen LogP contribution in [-0.2, 0) is 0 Å². The molecule has 2 aromatic heterocycles. The zero-order chi connectivity index (χ0) is 8.84. The number of benzene rings is 1. The molecule has 3 rings (SSSR count). The maximum atomic E-state index is 2.28. The van der Waals surface area contributed by atoms with Crippen LogP contribution in [-0.4, -0.2) is 0 Å². The highest BCUT2D eigenvalue weighted by Gasteiger charge is 2.05. The Kier molecular flexibility index (Phi) is 1.49. The first-order valence-electron chi connectivity index (χ1n) is 4.20. The van der Waals surface area contributed by atoms with Gasteiger partial charge in [0.25, 0.3) is 0 Å². The Balaban J connectivity index is 2.70. The van der Waals surface area contributed by atoms with E-state index < -0.39 is 0 Å². The monoisotopic (exact) mass is 204 g/mol. The predicted molar refractivity (Wildman–Crippen MR) is 61.9 cm³/mol. The lowest BCUT2D eigenvalue weighted by Gasteiger charge is -1.97. The van der Waals surface area contributed by atoms with Gasteiger partial charge in [-0.05, 0) is 46.8 Å². The van der Waals surface area contributed by atoms with Gasteiger partial charge in [-0.3, -0.25) is 0 Å². The second kappa shape index (κ2) is 2.56. The molecule has 64 valence electrons. The maximum Gasteiger partial charge on any atom is 0.0429 e. The van der Waals surface area contributed by atoms with Gasteiger partial charge in [-0.1, -0.05) is 0 Å². The average Bonchev–Trinajstić information content (AvgIpc) is 2.66. The van der Waals surface area contributed by atoms with Crippen LogP contribution < -0.4 is 0 Å². The molecule has 0 saturated carbocycles. The second-order valence-corrected chi connectivity index (χ2v) is 5.03. The maximum absolute atomic E-state index is 2.28. The number of rotatable bonds is 0. The summed E-state index contributed by atoms with van der Waals surface area (Å²) in [7, 11) is 0. The van der Waals surface area contributed by atoms with E-state index in [0.717, 1.165) is 0 Å². The van der Waals surface area contributed by atoms with E-state index in [0.29, 0.717) is 0 Å². The van der Waals surface area contributed by atoms with Crippen molar-refractivity contribution in [3.63, 3.8) is 0 Å². The van der Waals surface area contributed by atoms with Gasteiger partial charge in [0.1, 0.15) is 0 Å². The summed E-state index contributed by atoms with van der Waals surface area (Å²) in [5, 5.41) is 7.15. The Bertz CT molecular complexity index is 572. The molecule has 13 heavy (non-hydrogen) atoms. The molecular formula is C11H8S2. The number of hydrogen-bond acceptors (Lipinski definition) is 2. The van der Waals surface area contributed by atoms with E-state index in [1.54, 1.807) is 0 Å². The van der Waals surface area contributed by atoms with Crippen molar-refractivity contribution >= 4 is 42.8 Å². The van der Waals surface area contributed by atoms with Gasteiger partial charge in [-0.15, -0.1) is 22.7 Å². The number of hydrogen-bond donors (Lipinski definition) is 0. The van der Waals surface area contributed by atoms with Crippen LogP contribution >= 0.6 is 22.7 Å².